The van der Waals surface area contributed by atoms with Crippen molar-refractivity contribution in [3.8, 4) is 22.6 Å². The molecule has 0 bridgehead atoms. The number of methoxy groups -OCH3 is 2. The fraction of sp³-hybridized carbons (Fsp3) is 0.136. The Kier molecular flexibility index (Phi) is 5.68. The fourth-order valence-electron chi connectivity index (χ4n) is 3.12. The molecule has 0 saturated heterocycles. The first-order valence-corrected chi connectivity index (χ1v) is 10.1. The molecular formula is C22H18FN3O4S. The van der Waals surface area contributed by atoms with E-state index in [2.05, 4.69) is 10.3 Å². The molecule has 1 N–H and O–H groups in total. The zero-order valence-corrected chi connectivity index (χ0v) is 17.5. The maximum absolute atomic E-state index is 13.2. The van der Waals surface area contributed by atoms with Crippen molar-refractivity contribution in [3.05, 3.63) is 70.3 Å². The van der Waals surface area contributed by atoms with Gasteiger partial charge in [-0.15, -0.1) is 11.3 Å². The smallest absolute Gasteiger partial charge is 0.271 e. The Labute approximate surface area is 180 Å². The SMILES string of the molecule is COc1cc(NC(=O)Cn2cnc3c(-c4ccc(F)cc4)csc3c2=O)cc(OC)c1. The summed E-state index contributed by atoms with van der Waals surface area (Å²) >= 11 is 1.24. The van der Waals surface area contributed by atoms with Gasteiger partial charge in [-0.2, -0.15) is 0 Å². The van der Waals surface area contributed by atoms with E-state index < -0.39 is 5.91 Å². The van der Waals surface area contributed by atoms with Gasteiger partial charge in [0.15, 0.2) is 0 Å². The van der Waals surface area contributed by atoms with Crippen LogP contribution in [-0.2, 0) is 11.3 Å². The minimum atomic E-state index is -0.395. The Balaban J connectivity index is 1.58. The number of hydrogen-bond donors (Lipinski definition) is 1. The first kappa shape index (κ1) is 20.5. The van der Waals surface area contributed by atoms with Gasteiger partial charge in [0.05, 0.1) is 26.1 Å². The number of carbonyl (C=O) groups excluding carboxylic acids is 1. The second-order valence-electron chi connectivity index (χ2n) is 6.66. The number of benzene rings is 2. The number of amides is 1. The summed E-state index contributed by atoms with van der Waals surface area (Å²) in [5.74, 6) is 0.329. The van der Waals surface area contributed by atoms with E-state index in [4.69, 9.17) is 9.47 Å². The van der Waals surface area contributed by atoms with Crippen molar-refractivity contribution < 1.29 is 18.7 Å². The minimum Gasteiger partial charge on any atom is -0.497 e. The summed E-state index contributed by atoms with van der Waals surface area (Å²) < 4.78 is 25.3. The van der Waals surface area contributed by atoms with Crippen LogP contribution in [0.5, 0.6) is 11.5 Å². The van der Waals surface area contributed by atoms with Crippen LogP contribution in [0.2, 0.25) is 0 Å². The van der Waals surface area contributed by atoms with E-state index in [1.54, 1.807) is 35.7 Å². The van der Waals surface area contributed by atoms with Crippen LogP contribution in [-0.4, -0.2) is 29.7 Å². The number of aromatic nitrogens is 2. The zero-order valence-electron chi connectivity index (χ0n) is 16.7. The normalized spacial score (nSPS) is 10.8. The van der Waals surface area contributed by atoms with E-state index in [1.165, 1.54) is 48.6 Å². The van der Waals surface area contributed by atoms with Crippen LogP contribution in [0.4, 0.5) is 10.1 Å². The molecule has 0 atom stereocenters. The second kappa shape index (κ2) is 8.57. The van der Waals surface area contributed by atoms with Gasteiger partial charge in [-0.25, -0.2) is 9.37 Å². The first-order chi connectivity index (χ1) is 15.0. The monoisotopic (exact) mass is 439 g/mol. The van der Waals surface area contributed by atoms with Crippen LogP contribution in [0.25, 0.3) is 21.3 Å². The van der Waals surface area contributed by atoms with Gasteiger partial charge in [-0.3, -0.25) is 14.2 Å². The van der Waals surface area contributed by atoms with E-state index in [1.807, 2.05) is 0 Å². The number of carbonyl (C=O) groups is 1. The highest BCUT2D eigenvalue weighted by atomic mass is 32.1. The predicted molar refractivity (Wildman–Crippen MR) is 117 cm³/mol. The van der Waals surface area contributed by atoms with E-state index in [0.717, 1.165) is 11.1 Å². The third-order valence-electron chi connectivity index (χ3n) is 4.65. The quantitative estimate of drug-likeness (QED) is 0.492. The molecule has 31 heavy (non-hydrogen) atoms. The van der Waals surface area contributed by atoms with Gasteiger partial charge < -0.3 is 14.8 Å². The summed E-state index contributed by atoms with van der Waals surface area (Å²) in [6.45, 7) is -0.203. The van der Waals surface area contributed by atoms with E-state index >= 15 is 0 Å². The number of fused-ring (bicyclic) bond motifs is 1. The number of thiophene rings is 1. The lowest BCUT2D eigenvalue weighted by Crippen LogP contribution is -2.27. The summed E-state index contributed by atoms with van der Waals surface area (Å²) in [6, 6.07) is 11.0. The molecule has 0 unspecified atom stereocenters. The summed E-state index contributed by atoms with van der Waals surface area (Å²) in [7, 11) is 3.03. The van der Waals surface area contributed by atoms with Gasteiger partial charge in [-0.05, 0) is 17.7 Å². The summed E-state index contributed by atoms with van der Waals surface area (Å²) in [5.41, 5.74) is 2.20. The number of nitrogens with zero attached hydrogens (tertiary/aromatic N) is 2. The lowest BCUT2D eigenvalue weighted by Gasteiger charge is -2.10. The third kappa shape index (κ3) is 4.26. The lowest BCUT2D eigenvalue weighted by molar-refractivity contribution is -0.116. The molecule has 0 aliphatic rings. The Bertz CT molecular complexity index is 1290. The van der Waals surface area contributed by atoms with Crippen molar-refractivity contribution in [2.24, 2.45) is 0 Å². The van der Waals surface area contributed by atoms with Crippen molar-refractivity contribution in [2.75, 3.05) is 19.5 Å². The van der Waals surface area contributed by atoms with Gasteiger partial charge in [0, 0.05) is 34.8 Å². The number of halogens is 1. The molecule has 9 heteroatoms. The van der Waals surface area contributed by atoms with Gasteiger partial charge in [0.25, 0.3) is 5.56 Å². The Hall–Kier alpha value is -3.72. The highest BCUT2D eigenvalue weighted by Crippen LogP contribution is 2.31. The first-order valence-electron chi connectivity index (χ1n) is 9.24. The van der Waals surface area contributed by atoms with Gasteiger partial charge in [0.1, 0.15) is 28.6 Å². The second-order valence-corrected chi connectivity index (χ2v) is 7.54. The van der Waals surface area contributed by atoms with Crippen molar-refractivity contribution in [3.63, 3.8) is 0 Å². The molecule has 4 rings (SSSR count). The maximum atomic E-state index is 13.2. The van der Waals surface area contributed by atoms with Crippen molar-refractivity contribution in [1.29, 1.82) is 0 Å². The molecule has 0 saturated carbocycles. The van der Waals surface area contributed by atoms with E-state index in [0.29, 0.717) is 27.4 Å². The average molecular weight is 439 g/mol. The highest BCUT2D eigenvalue weighted by molar-refractivity contribution is 7.17. The van der Waals surface area contributed by atoms with Gasteiger partial charge >= 0.3 is 0 Å². The van der Waals surface area contributed by atoms with Crippen LogP contribution in [0.1, 0.15) is 0 Å². The Morgan fingerprint density at radius 1 is 1.13 bits per heavy atom. The number of ether oxygens (including phenoxy) is 2. The number of rotatable bonds is 6. The topological polar surface area (TPSA) is 82.5 Å². The molecule has 2 aromatic heterocycles. The number of anilines is 1. The molecule has 4 aromatic rings. The maximum Gasteiger partial charge on any atom is 0.271 e. The lowest BCUT2D eigenvalue weighted by atomic mass is 10.1. The van der Waals surface area contributed by atoms with Crippen LogP contribution < -0.4 is 20.3 Å². The van der Waals surface area contributed by atoms with Crippen LogP contribution in [0.3, 0.4) is 0 Å². The molecule has 0 aliphatic carbocycles. The number of nitrogens with one attached hydrogen (secondary N) is 1. The standard InChI is InChI=1S/C22H18FN3O4S/c1-29-16-7-15(8-17(9-16)30-2)25-19(27)10-26-12-24-20-18(11-31-21(20)22(26)28)13-3-5-14(23)6-4-13/h3-9,11-12H,10H2,1-2H3,(H,25,27). The summed E-state index contributed by atoms with van der Waals surface area (Å²) in [6.07, 6.45) is 1.34. The third-order valence-corrected chi connectivity index (χ3v) is 5.61. The molecule has 0 radical (unpaired) electrons. The fourth-order valence-corrected chi connectivity index (χ4v) is 4.10. The minimum absolute atomic E-state index is 0.203. The summed E-state index contributed by atoms with van der Waals surface area (Å²) in [5, 5.41) is 4.54. The van der Waals surface area contributed by atoms with Crippen molar-refractivity contribution >= 4 is 33.1 Å². The van der Waals surface area contributed by atoms with Crippen LogP contribution >= 0.6 is 11.3 Å². The van der Waals surface area contributed by atoms with Crippen molar-refractivity contribution in [1.82, 2.24) is 9.55 Å². The highest BCUT2D eigenvalue weighted by Gasteiger charge is 2.14. The number of hydrogen-bond acceptors (Lipinski definition) is 6. The van der Waals surface area contributed by atoms with E-state index in [-0.39, 0.29) is 17.9 Å². The zero-order chi connectivity index (χ0) is 22.0. The molecule has 1 amide bonds. The molecule has 2 heterocycles. The molecule has 0 fully saturated rings. The molecule has 0 aliphatic heterocycles. The van der Waals surface area contributed by atoms with Gasteiger partial charge in [-0.1, -0.05) is 12.1 Å². The molecule has 2 aromatic carbocycles. The Morgan fingerprint density at radius 2 is 1.81 bits per heavy atom. The molecule has 158 valence electrons. The predicted octanol–water partition coefficient (Wildman–Crippen LogP) is 3.92. The molecular weight excluding hydrogens is 421 g/mol. The van der Waals surface area contributed by atoms with E-state index in [9.17, 15) is 14.0 Å². The molecule has 0 spiro atoms. The van der Waals surface area contributed by atoms with Crippen LogP contribution in [0.15, 0.2) is 59.0 Å². The largest absolute Gasteiger partial charge is 0.497 e. The Morgan fingerprint density at radius 3 is 2.45 bits per heavy atom. The average Bonchev–Trinajstić information content (AvgIpc) is 3.20. The van der Waals surface area contributed by atoms with Crippen LogP contribution in [0, 0.1) is 5.82 Å². The van der Waals surface area contributed by atoms with Crippen molar-refractivity contribution in [2.45, 2.75) is 6.54 Å². The summed E-state index contributed by atoms with van der Waals surface area (Å²) in [4.78, 5) is 29.8. The molecule has 7 nitrogen and oxygen atoms in total. The van der Waals surface area contributed by atoms with Gasteiger partial charge in [0.2, 0.25) is 5.91 Å².